The number of nitrogens with zero attached hydrogens (tertiary/aromatic N) is 3. The molecule has 4 rings (SSSR count). The highest BCUT2D eigenvalue weighted by Crippen LogP contribution is 2.33. The smallest absolute Gasteiger partial charge is 0.245 e. The Morgan fingerprint density at radius 2 is 1.71 bits per heavy atom. The van der Waals surface area contributed by atoms with Crippen molar-refractivity contribution < 1.29 is 14.1 Å². The molecular formula is C21H32N4O3. The first-order chi connectivity index (χ1) is 13.5. The van der Waals surface area contributed by atoms with E-state index in [4.69, 9.17) is 4.52 Å². The second-order valence-corrected chi connectivity index (χ2v) is 8.74. The Morgan fingerprint density at radius 1 is 1.07 bits per heavy atom. The zero-order valence-corrected chi connectivity index (χ0v) is 17.1. The lowest BCUT2D eigenvalue weighted by Gasteiger charge is -2.40. The fourth-order valence-corrected chi connectivity index (χ4v) is 5.14. The molecule has 0 unspecified atom stereocenters. The Kier molecular flexibility index (Phi) is 5.71. The van der Waals surface area contributed by atoms with Crippen LogP contribution in [0.2, 0.25) is 0 Å². The van der Waals surface area contributed by atoms with Crippen molar-refractivity contribution in [2.45, 2.75) is 65.0 Å². The van der Waals surface area contributed by atoms with Crippen LogP contribution >= 0.6 is 0 Å². The summed E-state index contributed by atoms with van der Waals surface area (Å²) in [4.78, 5) is 28.4. The van der Waals surface area contributed by atoms with Gasteiger partial charge in [-0.3, -0.25) is 14.5 Å². The molecule has 1 aromatic heterocycles. The third-order valence-corrected chi connectivity index (χ3v) is 7.01. The highest BCUT2D eigenvalue weighted by atomic mass is 16.5. The Bertz CT molecular complexity index is 696. The van der Waals surface area contributed by atoms with Crippen molar-refractivity contribution in [1.82, 2.24) is 20.3 Å². The van der Waals surface area contributed by atoms with Gasteiger partial charge in [0, 0.05) is 31.6 Å². The number of amides is 2. The van der Waals surface area contributed by atoms with Crippen LogP contribution in [0.5, 0.6) is 0 Å². The molecule has 28 heavy (non-hydrogen) atoms. The second kappa shape index (κ2) is 8.23. The summed E-state index contributed by atoms with van der Waals surface area (Å²) in [5.74, 6) is 2.57. The molecule has 3 saturated heterocycles. The molecule has 1 N–H and O–H groups in total. The van der Waals surface area contributed by atoms with Crippen molar-refractivity contribution in [1.29, 1.82) is 0 Å². The SMILES string of the molecule is Cc1noc(C)c1CN1CCC(C2CCN(C(=O)[C@@H]3CCC(=O)N3)CC2)CC1. The van der Waals surface area contributed by atoms with Crippen LogP contribution in [0.1, 0.15) is 55.5 Å². The van der Waals surface area contributed by atoms with E-state index in [0.717, 1.165) is 68.9 Å². The molecule has 1 aromatic rings. The number of carbonyl (C=O) groups excluding carboxylic acids is 2. The van der Waals surface area contributed by atoms with Crippen LogP contribution in [-0.2, 0) is 16.1 Å². The lowest BCUT2D eigenvalue weighted by molar-refractivity contribution is -0.136. The van der Waals surface area contributed by atoms with Gasteiger partial charge in [-0.25, -0.2) is 0 Å². The van der Waals surface area contributed by atoms with Crippen LogP contribution in [0.15, 0.2) is 4.52 Å². The molecule has 0 bridgehead atoms. The van der Waals surface area contributed by atoms with Gasteiger partial charge in [0.2, 0.25) is 11.8 Å². The van der Waals surface area contributed by atoms with Crippen LogP contribution < -0.4 is 5.32 Å². The molecule has 0 aliphatic carbocycles. The van der Waals surface area contributed by atoms with Gasteiger partial charge in [-0.15, -0.1) is 0 Å². The molecule has 0 aromatic carbocycles. The predicted molar refractivity (Wildman–Crippen MR) is 104 cm³/mol. The van der Waals surface area contributed by atoms with Crippen LogP contribution in [-0.4, -0.2) is 59.0 Å². The summed E-state index contributed by atoms with van der Waals surface area (Å²) >= 11 is 0. The highest BCUT2D eigenvalue weighted by Gasteiger charge is 2.35. The van der Waals surface area contributed by atoms with E-state index in [2.05, 4.69) is 15.4 Å². The zero-order valence-electron chi connectivity index (χ0n) is 17.1. The first-order valence-corrected chi connectivity index (χ1v) is 10.7. The van der Waals surface area contributed by atoms with Crippen LogP contribution in [0.3, 0.4) is 0 Å². The highest BCUT2D eigenvalue weighted by molar-refractivity contribution is 5.90. The summed E-state index contributed by atoms with van der Waals surface area (Å²) in [6.45, 7) is 8.89. The molecule has 7 nitrogen and oxygen atoms in total. The molecule has 0 saturated carbocycles. The molecule has 7 heteroatoms. The summed E-state index contributed by atoms with van der Waals surface area (Å²) < 4.78 is 5.29. The number of piperidine rings is 2. The first-order valence-electron chi connectivity index (χ1n) is 10.7. The molecule has 154 valence electrons. The summed E-state index contributed by atoms with van der Waals surface area (Å²) in [5, 5.41) is 6.88. The van der Waals surface area contributed by atoms with E-state index >= 15 is 0 Å². The third-order valence-electron chi connectivity index (χ3n) is 7.01. The average Bonchev–Trinajstić information content (AvgIpc) is 3.29. The molecule has 2 amide bonds. The van der Waals surface area contributed by atoms with Gasteiger partial charge >= 0.3 is 0 Å². The molecule has 0 radical (unpaired) electrons. The maximum absolute atomic E-state index is 12.6. The first kappa shape index (κ1) is 19.4. The van der Waals surface area contributed by atoms with E-state index in [9.17, 15) is 9.59 Å². The summed E-state index contributed by atoms with van der Waals surface area (Å²) in [7, 11) is 0. The number of carbonyl (C=O) groups is 2. The van der Waals surface area contributed by atoms with Gasteiger partial charge in [-0.05, 0) is 70.9 Å². The summed E-state index contributed by atoms with van der Waals surface area (Å²) in [6.07, 6.45) is 5.81. The fraction of sp³-hybridized carbons (Fsp3) is 0.762. The molecule has 3 aliphatic heterocycles. The van der Waals surface area contributed by atoms with E-state index < -0.39 is 0 Å². The molecule has 0 spiro atoms. The quantitative estimate of drug-likeness (QED) is 0.854. The number of hydrogen-bond donors (Lipinski definition) is 1. The van der Waals surface area contributed by atoms with Crippen LogP contribution in [0.4, 0.5) is 0 Å². The van der Waals surface area contributed by atoms with E-state index in [-0.39, 0.29) is 17.9 Å². The molecule has 3 fully saturated rings. The van der Waals surface area contributed by atoms with Crippen LogP contribution in [0, 0.1) is 25.7 Å². The molecule has 4 heterocycles. The van der Waals surface area contributed by atoms with Crippen LogP contribution in [0.25, 0.3) is 0 Å². The van der Waals surface area contributed by atoms with Crippen molar-refractivity contribution in [3.05, 3.63) is 17.0 Å². The summed E-state index contributed by atoms with van der Waals surface area (Å²) in [5.41, 5.74) is 2.25. The Balaban J connectivity index is 1.22. The van der Waals surface area contributed by atoms with Gasteiger partial charge in [0.15, 0.2) is 0 Å². The van der Waals surface area contributed by atoms with Crippen molar-refractivity contribution in [3.63, 3.8) is 0 Å². The molecule has 3 aliphatic rings. The molecule has 1 atom stereocenters. The maximum atomic E-state index is 12.6. The number of likely N-dealkylation sites (tertiary alicyclic amines) is 2. The summed E-state index contributed by atoms with van der Waals surface area (Å²) in [6, 6.07) is -0.281. The Labute approximate surface area is 166 Å². The molecular weight excluding hydrogens is 356 g/mol. The fourth-order valence-electron chi connectivity index (χ4n) is 5.14. The predicted octanol–water partition coefficient (Wildman–Crippen LogP) is 2.02. The standard InChI is InChI=1S/C21H32N4O3/c1-14-18(15(2)28-23-14)13-24-9-5-16(6-10-24)17-7-11-25(12-8-17)21(27)19-3-4-20(26)22-19/h16-17,19H,3-13H2,1-2H3,(H,22,26)/t19-/m0/s1. The topological polar surface area (TPSA) is 78.7 Å². The number of hydrogen-bond acceptors (Lipinski definition) is 5. The average molecular weight is 389 g/mol. The van der Waals surface area contributed by atoms with Gasteiger partial charge in [0.1, 0.15) is 11.8 Å². The van der Waals surface area contributed by atoms with Gasteiger partial charge in [-0.1, -0.05) is 5.16 Å². The van der Waals surface area contributed by atoms with Gasteiger partial charge < -0.3 is 14.7 Å². The number of aromatic nitrogens is 1. The minimum atomic E-state index is -0.281. The van der Waals surface area contributed by atoms with Gasteiger partial charge in [0.05, 0.1) is 5.69 Å². The Morgan fingerprint density at radius 3 is 2.25 bits per heavy atom. The van der Waals surface area contributed by atoms with Crippen molar-refractivity contribution >= 4 is 11.8 Å². The van der Waals surface area contributed by atoms with Crippen molar-refractivity contribution in [2.75, 3.05) is 26.2 Å². The lowest BCUT2D eigenvalue weighted by Crippen LogP contribution is -2.48. The minimum Gasteiger partial charge on any atom is -0.361 e. The van der Waals surface area contributed by atoms with Gasteiger partial charge in [-0.2, -0.15) is 0 Å². The second-order valence-electron chi connectivity index (χ2n) is 8.74. The van der Waals surface area contributed by atoms with E-state index in [1.807, 2.05) is 18.7 Å². The Hall–Kier alpha value is -1.89. The van der Waals surface area contributed by atoms with E-state index in [1.54, 1.807) is 0 Å². The van der Waals surface area contributed by atoms with E-state index in [1.165, 1.54) is 18.4 Å². The lowest BCUT2D eigenvalue weighted by atomic mass is 9.78. The number of aryl methyl sites for hydroxylation is 2. The zero-order chi connectivity index (χ0) is 19.7. The maximum Gasteiger partial charge on any atom is 0.245 e. The number of rotatable bonds is 4. The largest absolute Gasteiger partial charge is 0.361 e. The normalized spacial score (nSPS) is 25.3. The minimum absolute atomic E-state index is 0.0107. The van der Waals surface area contributed by atoms with Gasteiger partial charge in [0.25, 0.3) is 0 Å². The monoisotopic (exact) mass is 388 g/mol. The van der Waals surface area contributed by atoms with Crippen molar-refractivity contribution in [2.24, 2.45) is 11.8 Å². The number of nitrogens with one attached hydrogen (secondary N) is 1. The third kappa shape index (κ3) is 4.09. The van der Waals surface area contributed by atoms with Crippen molar-refractivity contribution in [3.8, 4) is 0 Å². The van der Waals surface area contributed by atoms with E-state index in [0.29, 0.717) is 12.8 Å².